The fraction of sp³-hybridized carbons (Fsp3) is 0.300. The molecule has 4 aromatic carbocycles. The van der Waals surface area contributed by atoms with Crippen molar-refractivity contribution in [1.29, 1.82) is 5.26 Å². The second kappa shape index (κ2) is 11.9. The van der Waals surface area contributed by atoms with Crippen molar-refractivity contribution in [2.45, 2.75) is 13.0 Å². The van der Waals surface area contributed by atoms with E-state index < -0.39 is 0 Å². The van der Waals surface area contributed by atoms with Crippen LogP contribution in [0.4, 0.5) is 0 Å². The van der Waals surface area contributed by atoms with Gasteiger partial charge >= 0.3 is 0 Å². The van der Waals surface area contributed by atoms with Crippen molar-refractivity contribution in [1.82, 2.24) is 4.90 Å². The highest BCUT2D eigenvalue weighted by Crippen LogP contribution is 2.49. The lowest BCUT2D eigenvalue weighted by molar-refractivity contribution is 0.273. The Bertz CT molecular complexity index is 1550. The van der Waals surface area contributed by atoms with Crippen molar-refractivity contribution in [2.24, 2.45) is 0 Å². The molecule has 204 valence electrons. The molecule has 0 spiro atoms. The number of aliphatic hydroxyl groups is 1. The van der Waals surface area contributed by atoms with E-state index in [4.69, 9.17) is 28.4 Å². The molecule has 1 N–H and O–H groups in total. The fourth-order valence-corrected chi connectivity index (χ4v) is 4.69. The number of benzene rings is 4. The van der Waals surface area contributed by atoms with Crippen LogP contribution in [0.1, 0.15) is 11.1 Å². The molecule has 0 atom stereocenters. The number of nitrogens with zero attached hydrogens (tertiary/aromatic N) is 2. The van der Waals surface area contributed by atoms with Gasteiger partial charge in [0.25, 0.3) is 0 Å². The van der Waals surface area contributed by atoms with Crippen molar-refractivity contribution < 1.29 is 33.5 Å². The Morgan fingerprint density at radius 3 is 1.97 bits per heavy atom. The molecule has 9 nitrogen and oxygen atoms in total. The van der Waals surface area contributed by atoms with Crippen molar-refractivity contribution in [3.8, 4) is 46.4 Å². The highest BCUT2D eigenvalue weighted by Gasteiger charge is 2.23. The normalized spacial score (nSPS) is 10.7. The first kappa shape index (κ1) is 27.5. The van der Waals surface area contributed by atoms with Crippen LogP contribution in [0.2, 0.25) is 0 Å². The number of methoxy groups -OCH3 is 5. The highest BCUT2D eigenvalue weighted by molar-refractivity contribution is 6.16. The van der Waals surface area contributed by atoms with Gasteiger partial charge in [0.15, 0.2) is 40.7 Å². The molecule has 0 radical (unpaired) electrons. The topological polar surface area (TPSA) is 103 Å². The molecule has 0 aliphatic rings. The largest absolute Gasteiger partial charge is 0.493 e. The number of nitriles is 1. The summed E-state index contributed by atoms with van der Waals surface area (Å²) in [5.74, 6) is 3.34. The second-order valence-electron chi connectivity index (χ2n) is 8.80. The Morgan fingerprint density at radius 1 is 0.718 bits per heavy atom. The number of hydrogen-bond acceptors (Lipinski definition) is 9. The van der Waals surface area contributed by atoms with Crippen LogP contribution >= 0.6 is 0 Å². The van der Waals surface area contributed by atoms with Gasteiger partial charge in [-0.25, -0.2) is 0 Å². The summed E-state index contributed by atoms with van der Waals surface area (Å²) in [5, 5.41) is 22.8. The molecular weight excluding hydrogens is 500 g/mol. The van der Waals surface area contributed by atoms with Crippen LogP contribution in [0.15, 0.2) is 42.5 Å². The van der Waals surface area contributed by atoms with Gasteiger partial charge < -0.3 is 38.4 Å². The number of fused-ring (bicyclic) bond motifs is 3. The summed E-state index contributed by atoms with van der Waals surface area (Å²) < 4.78 is 34.8. The van der Waals surface area contributed by atoms with Crippen LogP contribution in [0.3, 0.4) is 0 Å². The number of rotatable bonds is 11. The third kappa shape index (κ3) is 5.11. The monoisotopic (exact) mass is 532 g/mol. The first-order valence-corrected chi connectivity index (χ1v) is 12.3. The Labute approximate surface area is 227 Å². The van der Waals surface area contributed by atoms with E-state index in [1.54, 1.807) is 45.4 Å². The van der Waals surface area contributed by atoms with E-state index in [9.17, 15) is 10.4 Å². The van der Waals surface area contributed by atoms with Gasteiger partial charge in [-0.3, -0.25) is 0 Å². The zero-order valence-electron chi connectivity index (χ0n) is 23.0. The first-order valence-electron chi connectivity index (χ1n) is 12.3. The summed E-state index contributed by atoms with van der Waals surface area (Å²) in [6.07, 6.45) is 2.74. The number of likely N-dealkylation sites (N-methyl/N-ethyl adjacent to an activating group) is 1. The summed E-state index contributed by atoms with van der Waals surface area (Å²) in [4.78, 5) is 1.57. The van der Waals surface area contributed by atoms with Gasteiger partial charge in [0.2, 0.25) is 0 Å². The van der Waals surface area contributed by atoms with Crippen LogP contribution in [0.25, 0.3) is 21.5 Å². The van der Waals surface area contributed by atoms with Crippen LogP contribution in [0, 0.1) is 11.5 Å². The Morgan fingerprint density at radius 2 is 1.36 bits per heavy atom. The average molecular weight is 533 g/mol. The molecule has 39 heavy (non-hydrogen) atoms. The van der Waals surface area contributed by atoms with Crippen LogP contribution in [0.5, 0.6) is 40.2 Å². The lowest BCUT2D eigenvalue weighted by Crippen LogP contribution is -2.14. The third-order valence-electron chi connectivity index (χ3n) is 6.69. The average Bonchev–Trinajstić information content (AvgIpc) is 2.98. The van der Waals surface area contributed by atoms with E-state index in [1.807, 2.05) is 30.3 Å². The van der Waals surface area contributed by atoms with Crippen molar-refractivity contribution in [3.05, 3.63) is 53.6 Å². The maximum absolute atomic E-state index is 10.2. The van der Waals surface area contributed by atoms with Crippen molar-refractivity contribution in [2.75, 3.05) is 49.1 Å². The smallest absolute Gasteiger partial charge is 0.179 e. The van der Waals surface area contributed by atoms with Crippen LogP contribution in [-0.4, -0.2) is 59.1 Å². The summed E-state index contributed by atoms with van der Waals surface area (Å²) in [7, 11) is 9.57. The summed E-state index contributed by atoms with van der Waals surface area (Å²) in [6.45, 7) is 0.235. The Hall–Kier alpha value is -4.55. The molecular formula is C30H32N2O7. The standard InChI is InChI=1S/C30H32N2O7/c1-32(17-31)12-11-19-13-26(37-5)30(39-23-15-25(36-4)24(35-3)14-20(23)16-33)28-21(19)9-7-18-8-10-22(34-2)29(38-6)27(18)28/h7-10,13-15,33H,11-12,16H2,1-6H3. The number of aliphatic hydroxyl groups excluding tert-OH is 1. The zero-order valence-corrected chi connectivity index (χ0v) is 23.0. The predicted molar refractivity (Wildman–Crippen MR) is 149 cm³/mol. The molecule has 9 heteroatoms. The van der Waals surface area contributed by atoms with Crippen LogP contribution in [-0.2, 0) is 13.0 Å². The lowest BCUT2D eigenvalue weighted by atomic mass is 9.94. The van der Waals surface area contributed by atoms with Crippen LogP contribution < -0.4 is 28.4 Å². The van der Waals surface area contributed by atoms with Crippen molar-refractivity contribution >= 4 is 21.5 Å². The van der Waals surface area contributed by atoms with Gasteiger partial charge in [-0.15, -0.1) is 0 Å². The third-order valence-corrected chi connectivity index (χ3v) is 6.69. The van der Waals surface area contributed by atoms with E-state index in [-0.39, 0.29) is 6.61 Å². The van der Waals surface area contributed by atoms with E-state index in [0.29, 0.717) is 58.8 Å². The summed E-state index contributed by atoms with van der Waals surface area (Å²) in [5.41, 5.74) is 1.48. The molecule has 0 saturated carbocycles. The van der Waals surface area contributed by atoms with Gasteiger partial charge in [0.05, 0.1) is 42.2 Å². The van der Waals surface area contributed by atoms with E-state index in [1.165, 1.54) is 14.2 Å². The molecule has 0 saturated heterocycles. The molecule has 0 aromatic heterocycles. The maximum Gasteiger partial charge on any atom is 0.179 e. The fourth-order valence-electron chi connectivity index (χ4n) is 4.69. The molecule has 4 rings (SSSR count). The van der Waals surface area contributed by atoms with E-state index in [2.05, 4.69) is 6.19 Å². The molecule has 0 bridgehead atoms. The maximum atomic E-state index is 10.2. The predicted octanol–water partition coefficient (Wildman–Crippen LogP) is 5.28. The Balaban J connectivity index is 2.09. The molecule has 0 fully saturated rings. The quantitative estimate of drug-likeness (QED) is 0.157. The minimum atomic E-state index is -0.285. The molecule has 4 aromatic rings. The number of hydrogen-bond donors (Lipinski definition) is 1. The molecule has 0 aliphatic carbocycles. The van der Waals surface area contributed by atoms with E-state index >= 15 is 0 Å². The molecule has 0 heterocycles. The van der Waals surface area contributed by atoms with Gasteiger partial charge in [-0.2, -0.15) is 5.26 Å². The SMILES string of the molecule is COc1cc(CO)c(Oc2c(OC)cc(CCN(C)C#N)c3ccc4ccc(OC)c(OC)c4c23)cc1OC. The first-order chi connectivity index (χ1) is 18.9. The minimum Gasteiger partial charge on any atom is -0.493 e. The number of ether oxygens (including phenoxy) is 6. The van der Waals surface area contributed by atoms with Crippen molar-refractivity contribution in [3.63, 3.8) is 0 Å². The van der Waals surface area contributed by atoms with Gasteiger partial charge in [-0.1, -0.05) is 18.2 Å². The molecule has 0 aliphatic heterocycles. The lowest BCUT2D eigenvalue weighted by Gasteiger charge is -2.21. The summed E-state index contributed by atoms with van der Waals surface area (Å²) >= 11 is 0. The second-order valence-corrected chi connectivity index (χ2v) is 8.80. The molecule has 0 amide bonds. The van der Waals surface area contributed by atoms with Gasteiger partial charge in [0, 0.05) is 36.0 Å². The molecule has 0 unspecified atom stereocenters. The Kier molecular flexibility index (Phi) is 8.37. The highest BCUT2D eigenvalue weighted by atomic mass is 16.5. The van der Waals surface area contributed by atoms with E-state index in [0.717, 1.165) is 27.1 Å². The van der Waals surface area contributed by atoms with Gasteiger partial charge in [0.1, 0.15) is 5.75 Å². The van der Waals surface area contributed by atoms with Gasteiger partial charge in [-0.05, 0) is 41.0 Å². The zero-order chi connectivity index (χ0) is 28.1. The summed E-state index contributed by atoms with van der Waals surface area (Å²) in [6, 6.07) is 13.1. The minimum absolute atomic E-state index is 0.285.